The molecule has 25 heavy (non-hydrogen) atoms. The summed E-state index contributed by atoms with van der Waals surface area (Å²) < 4.78 is 11.0. The van der Waals surface area contributed by atoms with Gasteiger partial charge in [-0.3, -0.25) is 9.69 Å². The van der Waals surface area contributed by atoms with Crippen molar-refractivity contribution < 1.29 is 14.3 Å². The van der Waals surface area contributed by atoms with E-state index >= 15 is 0 Å². The number of nitrogens with zero attached hydrogens (tertiary/aromatic N) is 1. The van der Waals surface area contributed by atoms with E-state index in [0.29, 0.717) is 28.9 Å². The first-order valence-electron chi connectivity index (χ1n) is 7.87. The van der Waals surface area contributed by atoms with Gasteiger partial charge in [0.1, 0.15) is 5.70 Å². The van der Waals surface area contributed by atoms with E-state index in [0.717, 1.165) is 11.3 Å². The third-order valence-electron chi connectivity index (χ3n) is 3.71. The molecule has 1 saturated heterocycles. The molecule has 0 unspecified atom stereocenters. The van der Waals surface area contributed by atoms with Crippen LogP contribution in [0.1, 0.15) is 12.5 Å². The number of carbonyl (C=O) groups excluding carboxylic acids is 1. The minimum Gasteiger partial charge on any atom is -0.492 e. The Morgan fingerprint density at radius 3 is 2.60 bits per heavy atom. The lowest BCUT2D eigenvalue weighted by atomic mass is 10.1. The van der Waals surface area contributed by atoms with Crippen LogP contribution in [0.3, 0.4) is 0 Å². The van der Waals surface area contributed by atoms with Gasteiger partial charge in [-0.05, 0) is 43.4 Å². The van der Waals surface area contributed by atoms with Crippen molar-refractivity contribution in [1.29, 1.82) is 0 Å². The highest BCUT2D eigenvalue weighted by atomic mass is 32.1. The average molecular weight is 354 g/mol. The standard InChI is InChI=1S/C19H18N2O3S/c1-3-24-16-11-7-8-13(17(16)23-2)12-15-18(22)21(19(25)20-15)14-9-5-4-6-10-14/h4-12H,3H2,1-2H3,(H,20,25)/b15-12-. The van der Waals surface area contributed by atoms with Gasteiger partial charge in [-0.15, -0.1) is 0 Å². The minimum atomic E-state index is -0.208. The molecular formula is C19H18N2O3S. The lowest BCUT2D eigenvalue weighted by Gasteiger charge is -2.13. The molecule has 1 aliphatic heterocycles. The molecule has 3 rings (SSSR count). The lowest BCUT2D eigenvalue weighted by molar-refractivity contribution is -0.113. The van der Waals surface area contributed by atoms with Crippen molar-refractivity contribution in [3.8, 4) is 11.5 Å². The Morgan fingerprint density at radius 1 is 1.16 bits per heavy atom. The fraction of sp³-hybridized carbons (Fsp3) is 0.158. The highest BCUT2D eigenvalue weighted by Gasteiger charge is 2.32. The summed E-state index contributed by atoms with van der Waals surface area (Å²) in [6.45, 7) is 2.43. The number of hydrogen-bond donors (Lipinski definition) is 1. The van der Waals surface area contributed by atoms with Crippen molar-refractivity contribution in [3.05, 3.63) is 59.8 Å². The molecule has 128 valence electrons. The maximum absolute atomic E-state index is 12.8. The number of hydrogen-bond acceptors (Lipinski definition) is 4. The van der Waals surface area contributed by atoms with Crippen LogP contribution in [-0.2, 0) is 4.79 Å². The predicted molar refractivity (Wildman–Crippen MR) is 102 cm³/mol. The van der Waals surface area contributed by atoms with Crippen molar-refractivity contribution >= 4 is 35.0 Å². The van der Waals surface area contributed by atoms with Gasteiger partial charge in [0.25, 0.3) is 5.91 Å². The number of methoxy groups -OCH3 is 1. The Morgan fingerprint density at radius 2 is 1.92 bits per heavy atom. The highest BCUT2D eigenvalue weighted by Crippen LogP contribution is 2.33. The van der Waals surface area contributed by atoms with E-state index in [4.69, 9.17) is 21.7 Å². The van der Waals surface area contributed by atoms with Crippen LogP contribution in [0.2, 0.25) is 0 Å². The number of thiocarbonyl (C=S) groups is 1. The van der Waals surface area contributed by atoms with Crippen molar-refractivity contribution in [2.45, 2.75) is 6.92 Å². The molecule has 1 amide bonds. The number of anilines is 1. The Kier molecular flexibility index (Phi) is 5.00. The Balaban J connectivity index is 1.97. The van der Waals surface area contributed by atoms with Gasteiger partial charge in [0.2, 0.25) is 0 Å². The largest absolute Gasteiger partial charge is 0.492 e. The quantitative estimate of drug-likeness (QED) is 0.659. The van der Waals surface area contributed by atoms with Crippen LogP contribution < -0.4 is 19.7 Å². The van der Waals surface area contributed by atoms with Crippen LogP contribution in [-0.4, -0.2) is 24.7 Å². The molecule has 1 aliphatic rings. The van der Waals surface area contributed by atoms with Crippen LogP contribution in [0.4, 0.5) is 5.69 Å². The van der Waals surface area contributed by atoms with Gasteiger partial charge >= 0.3 is 0 Å². The van der Waals surface area contributed by atoms with E-state index < -0.39 is 0 Å². The summed E-state index contributed by atoms with van der Waals surface area (Å²) in [6.07, 6.45) is 1.72. The van der Waals surface area contributed by atoms with Crippen LogP contribution >= 0.6 is 12.2 Å². The van der Waals surface area contributed by atoms with E-state index in [1.807, 2.05) is 55.5 Å². The number of amides is 1. The van der Waals surface area contributed by atoms with Gasteiger partial charge < -0.3 is 14.8 Å². The second kappa shape index (κ2) is 7.36. The molecule has 1 heterocycles. The van der Waals surface area contributed by atoms with Gasteiger partial charge in [-0.2, -0.15) is 0 Å². The molecule has 0 atom stereocenters. The zero-order valence-corrected chi connectivity index (χ0v) is 14.8. The summed E-state index contributed by atoms with van der Waals surface area (Å²) in [5.74, 6) is 1.00. The smallest absolute Gasteiger partial charge is 0.281 e. The number of ether oxygens (including phenoxy) is 2. The third-order valence-corrected chi connectivity index (χ3v) is 3.99. The number of nitrogens with one attached hydrogen (secondary N) is 1. The summed E-state index contributed by atoms with van der Waals surface area (Å²) in [7, 11) is 1.57. The fourth-order valence-corrected chi connectivity index (χ4v) is 2.93. The second-order valence-electron chi connectivity index (χ2n) is 5.28. The van der Waals surface area contributed by atoms with Gasteiger partial charge in [-0.1, -0.05) is 30.3 Å². The van der Waals surface area contributed by atoms with Crippen LogP contribution in [0.5, 0.6) is 11.5 Å². The average Bonchev–Trinajstić information content (AvgIpc) is 2.90. The lowest BCUT2D eigenvalue weighted by Crippen LogP contribution is -2.30. The zero-order valence-electron chi connectivity index (χ0n) is 14.0. The molecule has 5 nitrogen and oxygen atoms in total. The van der Waals surface area contributed by atoms with Crippen molar-refractivity contribution in [2.24, 2.45) is 0 Å². The molecule has 2 aromatic carbocycles. The van der Waals surface area contributed by atoms with Crippen molar-refractivity contribution in [2.75, 3.05) is 18.6 Å². The fourth-order valence-electron chi connectivity index (χ4n) is 2.64. The van der Waals surface area contributed by atoms with E-state index in [9.17, 15) is 4.79 Å². The van der Waals surface area contributed by atoms with Gasteiger partial charge in [0.15, 0.2) is 16.6 Å². The number of carbonyl (C=O) groups is 1. The first-order valence-corrected chi connectivity index (χ1v) is 8.28. The normalized spacial score (nSPS) is 15.4. The molecule has 1 fully saturated rings. The molecule has 1 N–H and O–H groups in total. The Bertz CT molecular complexity index is 834. The Labute approximate surface area is 151 Å². The third kappa shape index (κ3) is 3.34. The first-order chi connectivity index (χ1) is 12.2. The monoisotopic (exact) mass is 354 g/mol. The molecule has 2 aromatic rings. The van der Waals surface area contributed by atoms with Crippen LogP contribution in [0.15, 0.2) is 54.2 Å². The first kappa shape index (κ1) is 17.0. The van der Waals surface area contributed by atoms with E-state index in [2.05, 4.69) is 5.32 Å². The Hall–Kier alpha value is -2.86. The van der Waals surface area contributed by atoms with Gasteiger partial charge in [0, 0.05) is 5.56 Å². The second-order valence-corrected chi connectivity index (χ2v) is 5.66. The molecule has 0 aromatic heterocycles. The molecule has 0 spiro atoms. The molecule has 0 aliphatic carbocycles. The topological polar surface area (TPSA) is 50.8 Å². The van der Waals surface area contributed by atoms with E-state index in [1.165, 1.54) is 4.90 Å². The maximum atomic E-state index is 12.8. The molecule has 6 heteroatoms. The van der Waals surface area contributed by atoms with Crippen molar-refractivity contribution in [3.63, 3.8) is 0 Å². The zero-order chi connectivity index (χ0) is 17.8. The molecule has 0 bridgehead atoms. The summed E-state index contributed by atoms with van der Waals surface area (Å²) in [6, 6.07) is 14.8. The summed E-state index contributed by atoms with van der Waals surface area (Å²) >= 11 is 5.32. The predicted octanol–water partition coefficient (Wildman–Crippen LogP) is 3.36. The van der Waals surface area contributed by atoms with E-state index in [-0.39, 0.29) is 5.91 Å². The maximum Gasteiger partial charge on any atom is 0.281 e. The summed E-state index contributed by atoms with van der Waals surface area (Å²) in [5.41, 5.74) is 1.85. The highest BCUT2D eigenvalue weighted by molar-refractivity contribution is 7.80. The summed E-state index contributed by atoms with van der Waals surface area (Å²) in [5, 5.41) is 3.33. The molecule has 0 saturated carbocycles. The van der Waals surface area contributed by atoms with Gasteiger partial charge in [0.05, 0.1) is 19.4 Å². The van der Waals surface area contributed by atoms with Crippen molar-refractivity contribution in [1.82, 2.24) is 5.32 Å². The van der Waals surface area contributed by atoms with Gasteiger partial charge in [-0.25, -0.2) is 0 Å². The van der Waals surface area contributed by atoms with Crippen LogP contribution in [0, 0.1) is 0 Å². The number of para-hydroxylation sites is 2. The van der Waals surface area contributed by atoms with Crippen LogP contribution in [0.25, 0.3) is 6.08 Å². The molecule has 0 radical (unpaired) electrons. The molecular weight excluding hydrogens is 336 g/mol. The minimum absolute atomic E-state index is 0.208. The number of rotatable bonds is 5. The SMILES string of the molecule is CCOc1cccc(/C=C2\NC(=S)N(c3ccccc3)C2=O)c1OC. The number of benzene rings is 2. The summed E-state index contributed by atoms with van der Waals surface area (Å²) in [4.78, 5) is 14.2. The van der Waals surface area contributed by atoms with E-state index in [1.54, 1.807) is 13.2 Å².